The topological polar surface area (TPSA) is 58.2 Å². The summed E-state index contributed by atoms with van der Waals surface area (Å²) in [6, 6.07) is 8.99. The third kappa shape index (κ3) is 2.02. The molecule has 90 valence electrons. The van der Waals surface area contributed by atoms with Gasteiger partial charge in [0.05, 0.1) is 0 Å². The maximum absolute atomic E-state index is 12.0. The first kappa shape index (κ1) is 11.6. The zero-order valence-electron chi connectivity index (χ0n) is 9.82. The van der Waals surface area contributed by atoms with E-state index in [1.807, 2.05) is 30.3 Å². The number of urea groups is 1. The molecule has 0 spiro atoms. The van der Waals surface area contributed by atoms with Crippen molar-refractivity contribution in [3.8, 4) is 0 Å². The molecule has 17 heavy (non-hydrogen) atoms. The molecule has 3 amide bonds. The Hall–Kier alpha value is -1.84. The highest BCUT2D eigenvalue weighted by Crippen LogP contribution is 2.30. The molecule has 0 bridgehead atoms. The van der Waals surface area contributed by atoms with Crippen molar-refractivity contribution >= 4 is 11.9 Å². The maximum atomic E-state index is 12.0. The number of carbonyl (C=O) groups excluding carboxylic acids is 2. The lowest BCUT2D eigenvalue weighted by Gasteiger charge is -2.26. The van der Waals surface area contributed by atoms with Crippen molar-refractivity contribution in [2.45, 2.75) is 31.7 Å². The molecule has 0 aromatic heterocycles. The van der Waals surface area contributed by atoms with Crippen molar-refractivity contribution in [3.05, 3.63) is 35.9 Å². The molecule has 4 heteroatoms. The summed E-state index contributed by atoms with van der Waals surface area (Å²) in [5.74, 6) is -0.248. The molecule has 1 heterocycles. The van der Waals surface area contributed by atoms with E-state index in [-0.39, 0.29) is 5.91 Å². The summed E-state index contributed by atoms with van der Waals surface area (Å²) < 4.78 is 0. The van der Waals surface area contributed by atoms with Gasteiger partial charge in [0.1, 0.15) is 5.54 Å². The van der Waals surface area contributed by atoms with Crippen LogP contribution in [0.25, 0.3) is 0 Å². The van der Waals surface area contributed by atoms with Crippen molar-refractivity contribution in [2.24, 2.45) is 0 Å². The maximum Gasteiger partial charge on any atom is 0.322 e. The summed E-state index contributed by atoms with van der Waals surface area (Å²) in [4.78, 5) is 23.4. The SMILES string of the molecule is CCCCC1(c2ccccc2)NC(=O)NC1=O. The van der Waals surface area contributed by atoms with Crippen LogP contribution in [0.4, 0.5) is 4.79 Å². The number of hydrogen-bond donors (Lipinski definition) is 2. The van der Waals surface area contributed by atoms with E-state index < -0.39 is 11.6 Å². The number of nitrogens with one attached hydrogen (secondary N) is 2. The van der Waals surface area contributed by atoms with Gasteiger partial charge in [-0.05, 0) is 12.0 Å². The van der Waals surface area contributed by atoms with E-state index in [0.29, 0.717) is 6.42 Å². The van der Waals surface area contributed by atoms with Crippen LogP contribution in [0.15, 0.2) is 30.3 Å². The normalized spacial score (nSPS) is 23.4. The second kappa shape index (κ2) is 4.57. The van der Waals surface area contributed by atoms with Gasteiger partial charge in [-0.3, -0.25) is 10.1 Å². The monoisotopic (exact) mass is 232 g/mol. The number of rotatable bonds is 4. The van der Waals surface area contributed by atoms with Gasteiger partial charge in [-0.1, -0.05) is 50.1 Å². The largest absolute Gasteiger partial charge is 0.322 e. The Balaban J connectivity index is 2.37. The van der Waals surface area contributed by atoms with Crippen LogP contribution >= 0.6 is 0 Å². The van der Waals surface area contributed by atoms with Crippen LogP contribution in [0.3, 0.4) is 0 Å². The Labute approximate surface area is 100 Å². The second-order valence-corrected chi connectivity index (χ2v) is 4.28. The van der Waals surface area contributed by atoms with Gasteiger partial charge in [0.2, 0.25) is 0 Å². The lowest BCUT2D eigenvalue weighted by atomic mass is 9.85. The average Bonchev–Trinajstić information content (AvgIpc) is 2.64. The van der Waals surface area contributed by atoms with Crippen molar-refractivity contribution in [2.75, 3.05) is 0 Å². The first-order valence-electron chi connectivity index (χ1n) is 5.88. The third-order valence-electron chi connectivity index (χ3n) is 3.11. The van der Waals surface area contributed by atoms with E-state index in [0.717, 1.165) is 18.4 Å². The minimum atomic E-state index is -0.881. The van der Waals surface area contributed by atoms with E-state index in [2.05, 4.69) is 17.6 Å². The van der Waals surface area contributed by atoms with Crippen LogP contribution in [0.2, 0.25) is 0 Å². The first-order chi connectivity index (χ1) is 8.19. The first-order valence-corrected chi connectivity index (χ1v) is 5.88. The molecule has 0 aliphatic carbocycles. The quantitative estimate of drug-likeness (QED) is 0.779. The number of carbonyl (C=O) groups is 2. The van der Waals surface area contributed by atoms with E-state index in [9.17, 15) is 9.59 Å². The number of benzene rings is 1. The number of hydrogen-bond acceptors (Lipinski definition) is 2. The smallest absolute Gasteiger partial charge is 0.319 e. The van der Waals surface area contributed by atoms with Gasteiger partial charge < -0.3 is 5.32 Å². The minimum Gasteiger partial charge on any atom is -0.319 e. The van der Waals surface area contributed by atoms with Crippen LogP contribution in [0.5, 0.6) is 0 Å². The van der Waals surface area contributed by atoms with Crippen LogP contribution in [0.1, 0.15) is 31.7 Å². The highest BCUT2D eigenvalue weighted by molar-refractivity contribution is 6.07. The average molecular weight is 232 g/mol. The number of unbranched alkanes of at least 4 members (excludes halogenated alkanes) is 1. The van der Waals surface area contributed by atoms with Crippen LogP contribution in [0, 0.1) is 0 Å². The van der Waals surface area contributed by atoms with Gasteiger partial charge in [0, 0.05) is 0 Å². The molecule has 2 N–H and O–H groups in total. The number of imide groups is 1. The molecular weight excluding hydrogens is 216 g/mol. The van der Waals surface area contributed by atoms with Gasteiger partial charge >= 0.3 is 6.03 Å². The van der Waals surface area contributed by atoms with Gasteiger partial charge in [-0.2, -0.15) is 0 Å². The summed E-state index contributed by atoms with van der Waals surface area (Å²) in [6.45, 7) is 2.06. The van der Waals surface area contributed by atoms with Gasteiger partial charge in [0.15, 0.2) is 0 Å². The minimum absolute atomic E-state index is 0.248. The molecule has 1 atom stereocenters. The molecule has 1 aliphatic rings. The zero-order valence-corrected chi connectivity index (χ0v) is 9.82. The van der Waals surface area contributed by atoms with Gasteiger partial charge in [-0.15, -0.1) is 0 Å². The van der Waals surface area contributed by atoms with Crippen molar-refractivity contribution in [1.29, 1.82) is 0 Å². The van der Waals surface area contributed by atoms with E-state index in [1.54, 1.807) is 0 Å². The molecule has 1 fully saturated rings. The fourth-order valence-electron chi connectivity index (χ4n) is 2.18. The molecule has 2 rings (SSSR count). The highest BCUT2D eigenvalue weighted by atomic mass is 16.2. The molecule has 0 radical (unpaired) electrons. The molecule has 4 nitrogen and oxygen atoms in total. The molecule has 1 aromatic rings. The standard InChI is InChI=1S/C13H16N2O2/c1-2-3-9-13(10-7-5-4-6-8-10)11(16)14-12(17)15-13/h4-8H,2-3,9H2,1H3,(H2,14,15,16,17). The second-order valence-electron chi connectivity index (χ2n) is 4.28. The van der Waals surface area contributed by atoms with Crippen LogP contribution < -0.4 is 10.6 Å². The Kier molecular flexibility index (Phi) is 3.13. The molecule has 1 aliphatic heterocycles. The Morgan fingerprint density at radius 3 is 2.41 bits per heavy atom. The lowest BCUT2D eigenvalue weighted by molar-refractivity contribution is -0.124. The Morgan fingerprint density at radius 1 is 1.18 bits per heavy atom. The summed E-state index contributed by atoms with van der Waals surface area (Å²) in [5.41, 5.74) is -0.0363. The fourth-order valence-corrected chi connectivity index (χ4v) is 2.18. The predicted molar refractivity (Wildman–Crippen MR) is 64.3 cm³/mol. The fraction of sp³-hybridized carbons (Fsp3) is 0.385. The predicted octanol–water partition coefficient (Wildman–Crippen LogP) is 1.91. The van der Waals surface area contributed by atoms with Crippen molar-refractivity contribution in [1.82, 2.24) is 10.6 Å². The molecule has 0 saturated carbocycles. The summed E-state index contributed by atoms with van der Waals surface area (Å²) in [5, 5.41) is 5.09. The zero-order chi connectivity index (χ0) is 12.3. The summed E-state index contributed by atoms with van der Waals surface area (Å²) in [6.07, 6.45) is 2.51. The molecule has 1 unspecified atom stereocenters. The Morgan fingerprint density at radius 2 is 1.88 bits per heavy atom. The van der Waals surface area contributed by atoms with E-state index in [4.69, 9.17) is 0 Å². The van der Waals surface area contributed by atoms with Gasteiger partial charge in [0.25, 0.3) is 5.91 Å². The van der Waals surface area contributed by atoms with E-state index in [1.165, 1.54) is 0 Å². The summed E-state index contributed by atoms with van der Waals surface area (Å²) in [7, 11) is 0. The molecule has 1 saturated heterocycles. The van der Waals surface area contributed by atoms with Crippen LogP contribution in [-0.2, 0) is 10.3 Å². The molecule has 1 aromatic carbocycles. The van der Waals surface area contributed by atoms with Gasteiger partial charge in [-0.25, -0.2) is 4.79 Å². The third-order valence-corrected chi connectivity index (χ3v) is 3.11. The molecular formula is C13H16N2O2. The lowest BCUT2D eigenvalue weighted by Crippen LogP contribution is -2.43. The Bertz CT molecular complexity index is 430. The highest BCUT2D eigenvalue weighted by Gasteiger charge is 2.46. The van der Waals surface area contributed by atoms with Crippen molar-refractivity contribution in [3.63, 3.8) is 0 Å². The summed E-state index contributed by atoms with van der Waals surface area (Å²) >= 11 is 0. The number of amides is 3. The van der Waals surface area contributed by atoms with Crippen molar-refractivity contribution < 1.29 is 9.59 Å². The van der Waals surface area contributed by atoms with Crippen LogP contribution in [-0.4, -0.2) is 11.9 Å². The van der Waals surface area contributed by atoms with E-state index >= 15 is 0 Å².